The minimum Gasteiger partial charge on any atom is -0.457 e. The Morgan fingerprint density at radius 2 is 1.67 bits per heavy atom. The summed E-state index contributed by atoms with van der Waals surface area (Å²) in [6.45, 7) is 1.53. The largest absolute Gasteiger partial charge is 0.457 e. The number of ketones is 1. The van der Waals surface area contributed by atoms with E-state index in [0.717, 1.165) is 11.1 Å². The summed E-state index contributed by atoms with van der Waals surface area (Å²) in [6.07, 6.45) is 1.62. The Balaban J connectivity index is 1.64. The van der Waals surface area contributed by atoms with Crippen LogP contribution < -0.4 is 0 Å². The first-order valence-corrected chi connectivity index (χ1v) is 8.40. The van der Waals surface area contributed by atoms with E-state index < -0.39 is 5.97 Å². The summed E-state index contributed by atoms with van der Waals surface area (Å²) in [5.74, 6) is 0.649. The normalized spacial score (nSPS) is 14.9. The maximum atomic E-state index is 12.1. The molecule has 132 valence electrons. The zero-order valence-electron chi connectivity index (χ0n) is 14.5. The van der Waals surface area contributed by atoms with Crippen molar-refractivity contribution in [3.8, 4) is 11.3 Å². The molecule has 0 radical (unpaired) electrons. The molecule has 3 aromatic rings. The molecule has 0 saturated carbocycles. The fourth-order valence-corrected chi connectivity index (χ4v) is 2.81. The van der Waals surface area contributed by atoms with E-state index in [4.69, 9.17) is 9.25 Å². The second-order valence-electron chi connectivity index (χ2n) is 6.08. The molecule has 0 saturated heterocycles. The van der Waals surface area contributed by atoms with Gasteiger partial charge in [0.2, 0.25) is 0 Å². The number of hydrogen-bond donors (Lipinski definition) is 0. The molecule has 0 N–H and O–H groups in total. The topological polar surface area (TPSA) is 68.9 Å². The molecule has 1 aromatic heterocycles. The Morgan fingerprint density at radius 1 is 0.926 bits per heavy atom. The van der Waals surface area contributed by atoms with Gasteiger partial charge in [-0.1, -0.05) is 59.8 Å². The second-order valence-corrected chi connectivity index (χ2v) is 6.08. The third-order valence-corrected chi connectivity index (χ3v) is 4.23. The average Bonchev–Trinajstić information content (AvgIpc) is 3.30. The molecule has 0 fully saturated rings. The predicted molar refractivity (Wildman–Crippen MR) is 101 cm³/mol. The standard InChI is InChI=1S/C22H15NO4/c1-14(24)15-7-9-16(10-8-15)20-12-11-18(26-20)13-19-21(23-27-22(19)25)17-5-3-2-4-6-17/h2-13H,1H3/b19-13-. The van der Waals surface area contributed by atoms with E-state index >= 15 is 0 Å². The molecule has 27 heavy (non-hydrogen) atoms. The Morgan fingerprint density at radius 3 is 2.37 bits per heavy atom. The van der Waals surface area contributed by atoms with Gasteiger partial charge in [-0.25, -0.2) is 4.79 Å². The summed E-state index contributed by atoms with van der Waals surface area (Å²) in [5.41, 5.74) is 3.10. The molecule has 2 heterocycles. The number of carbonyl (C=O) groups excluding carboxylic acids is 2. The Bertz CT molecular complexity index is 1070. The SMILES string of the molecule is CC(=O)c1ccc(-c2ccc(/C=C3\C(=O)ON=C3c3ccccc3)o2)cc1. The number of hydrogen-bond acceptors (Lipinski definition) is 5. The van der Waals surface area contributed by atoms with Crippen molar-refractivity contribution in [1.29, 1.82) is 0 Å². The Hall–Kier alpha value is -3.73. The third kappa shape index (κ3) is 3.35. The fraction of sp³-hybridized carbons (Fsp3) is 0.0455. The van der Waals surface area contributed by atoms with Gasteiger partial charge in [-0.05, 0) is 25.1 Å². The van der Waals surface area contributed by atoms with Gasteiger partial charge < -0.3 is 9.25 Å². The van der Waals surface area contributed by atoms with Crippen LogP contribution in [0.1, 0.15) is 28.6 Å². The summed E-state index contributed by atoms with van der Waals surface area (Å²) < 4.78 is 5.84. The summed E-state index contributed by atoms with van der Waals surface area (Å²) in [5, 5.41) is 3.88. The molecule has 2 aromatic carbocycles. The lowest BCUT2D eigenvalue weighted by Crippen LogP contribution is -2.06. The monoisotopic (exact) mass is 357 g/mol. The molecule has 1 aliphatic rings. The minimum atomic E-state index is -0.516. The van der Waals surface area contributed by atoms with Crippen LogP contribution in [0.25, 0.3) is 17.4 Å². The van der Waals surface area contributed by atoms with Crippen molar-refractivity contribution in [2.75, 3.05) is 0 Å². The smallest absolute Gasteiger partial charge is 0.368 e. The first kappa shape index (κ1) is 16.7. The third-order valence-electron chi connectivity index (χ3n) is 4.23. The van der Waals surface area contributed by atoms with Crippen LogP contribution in [0.3, 0.4) is 0 Å². The molecule has 5 nitrogen and oxygen atoms in total. The zero-order chi connectivity index (χ0) is 18.8. The molecule has 0 unspecified atom stereocenters. The summed E-state index contributed by atoms with van der Waals surface area (Å²) in [7, 11) is 0. The minimum absolute atomic E-state index is 0.0129. The van der Waals surface area contributed by atoms with E-state index in [0.29, 0.717) is 28.4 Å². The van der Waals surface area contributed by atoms with Crippen molar-refractivity contribution >= 4 is 23.5 Å². The summed E-state index contributed by atoms with van der Waals surface area (Å²) in [4.78, 5) is 28.3. The predicted octanol–water partition coefficient (Wildman–Crippen LogP) is 4.49. The highest BCUT2D eigenvalue weighted by molar-refractivity contribution is 6.31. The van der Waals surface area contributed by atoms with Gasteiger partial charge in [-0.3, -0.25) is 4.79 Å². The van der Waals surface area contributed by atoms with E-state index in [1.165, 1.54) is 6.92 Å². The molecule has 0 aliphatic carbocycles. The quantitative estimate of drug-likeness (QED) is 0.392. The molecular weight excluding hydrogens is 342 g/mol. The van der Waals surface area contributed by atoms with E-state index in [1.54, 1.807) is 24.3 Å². The highest BCUT2D eigenvalue weighted by Gasteiger charge is 2.27. The number of carbonyl (C=O) groups is 2. The van der Waals surface area contributed by atoms with Gasteiger partial charge in [0.05, 0.1) is 5.57 Å². The lowest BCUT2D eigenvalue weighted by molar-refractivity contribution is -0.136. The van der Waals surface area contributed by atoms with Crippen LogP contribution in [0.2, 0.25) is 0 Å². The van der Waals surface area contributed by atoms with Crippen LogP contribution in [-0.2, 0) is 9.63 Å². The molecule has 1 aliphatic heterocycles. The van der Waals surface area contributed by atoms with Crippen molar-refractivity contribution < 1.29 is 18.8 Å². The lowest BCUT2D eigenvalue weighted by Gasteiger charge is -2.00. The zero-order valence-corrected chi connectivity index (χ0v) is 14.5. The van der Waals surface area contributed by atoms with Crippen molar-refractivity contribution in [2.45, 2.75) is 6.92 Å². The number of rotatable bonds is 4. The van der Waals surface area contributed by atoms with Crippen LogP contribution in [0.15, 0.2) is 81.9 Å². The second kappa shape index (κ2) is 6.88. The van der Waals surface area contributed by atoms with Crippen molar-refractivity contribution in [2.24, 2.45) is 5.16 Å². The van der Waals surface area contributed by atoms with Gasteiger partial charge in [0.25, 0.3) is 0 Å². The number of benzene rings is 2. The van der Waals surface area contributed by atoms with Crippen molar-refractivity contribution in [3.05, 3.63) is 89.2 Å². The molecule has 0 bridgehead atoms. The molecule has 0 atom stereocenters. The van der Waals surface area contributed by atoms with Gasteiger partial charge in [0.1, 0.15) is 17.2 Å². The van der Waals surface area contributed by atoms with Gasteiger partial charge in [-0.2, -0.15) is 0 Å². The fourth-order valence-electron chi connectivity index (χ4n) is 2.81. The number of Topliss-reactive ketones (excluding diaryl/α,β-unsaturated/α-hetero) is 1. The Labute approximate surface area is 155 Å². The first-order chi connectivity index (χ1) is 13.1. The van der Waals surface area contributed by atoms with E-state index in [-0.39, 0.29) is 5.78 Å². The van der Waals surface area contributed by atoms with E-state index in [9.17, 15) is 9.59 Å². The first-order valence-electron chi connectivity index (χ1n) is 8.40. The van der Waals surface area contributed by atoms with Crippen molar-refractivity contribution in [3.63, 3.8) is 0 Å². The van der Waals surface area contributed by atoms with Crippen LogP contribution in [0, 0.1) is 0 Å². The van der Waals surface area contributed by atoms with E-state index in [1.807, 2.05) is 48.5 Å². The Kier molecular flexibility index (Phi) is 4.26. The molecule has 0 spiro atoms. The van der Waals surface area contributed by atoms with Gasteiger partial charge in [0.15, 0.2) is 5.78 Å². The lowest BCUT2D eigenvalue weighted by atomic mass is 10.0. The van der Waals surface area contributed by atoms with Crippen LogP contribution in [0.5, 0.6) is 0 Å². The number of nitrogens with zero attached hydrogens (tertiary/aromatic N) is 1. The number of furan rings is 1. The average molecular weight is 357 g/mol. The van der Waals surface area contributed by atoms with Gasteiger partial charge in [-0.15, -0.1) is 0 Å². The van der Waals surface area contributed by atoms with Crippen LogP contribution in [-0.4, -0.2) is 17.5 Å². The highest BCUT2D eigenvalue weighted by Crippen LogP contribution is 2.26. The van der Waals surface area contributed by atoms with E-state index in [2.05, 4.69) is 5.16 Å². The maximum absolute atomic E-state index is 12.1. The molecule has 0 amide bonds. The van der Waals surface area contributed by atoms with Gasteiger partial charge in [0, 0.05) is 16.7 Å². The molecule has 5 heteroatoms. The number of oxime groups is 1. The van der Waals surface area contributed by atoms with Gasteiger partial charge >= 0.3 is 5.97 Å². The summed E-state index contributed by atoms with van der Waals surface area (Å²) in [6, 6.07) is 20.1. The van der Waals surface area contributed by atoms with Crippen molar-refractivity contribution in [1.82, 2.24) is 0 Å². The maximum Gasteiger partial charge on any atom is 0.368 e. The van der Waals surface area contributed by atoms with Crippen LogP contribution >= 0.6 is 0 Å². The van der Waals surface area contributed by atoms with Crippen LogP contribution in [0.4, 0.5) is 0 Å². The molecular formula is C22H15NO4. The summed E-state index contributed by atoms with van der Waals surface area (Å²) >= 11 is 0. The highest BCUT2D eigenvalue weighted by atomic mass is 16.7. The molecule has 4 rings (SSSR count).